The van der Waals surface area contributed by atoms with Gasteiger partial charge in [-0.05, 0) is 79.2 Å². The van der Waals surface area contributed by atoms with Gasteiger partial charge >= 0.3 is 0 Å². The van der Waals surface area contributed by atoms with Crippen LogP contribution in [0.15, 0.2) is 32.6 Å². The molecule has 0 aromatic heterocycles. The van der Waals surface area contributed by atoms with Gasteiger partial charge in [0.05, 0.1) is 16.5 Å². The Kier molecular flexibility index (Phi) is 5.92. The zero-order valence-corrected chi connectivity index (χ0v) is 16.4. The molecule has 23 heavy (non-hydrogen) atoms. The van der Waals surface area contributed by atoms with E-state index in [1.54, 1.807) is 12.0 Å². The van der Waals surface area contributed by atoms with Crippen LogP contribution in [0, 0.1) is 0 Å². The number of hydrogen-bond acceptors (Lipinski definition) is 4. The van der Waals surface area contributed by atoms with Crippen LogP contribution in [-0.2, 0) is 4.79 Å². The molecule has 0 spiro atoms. The zero-order valence-electron chi connectivity index (χ0n) is 14.0. The molecule has 1 aromatic carbocycles. The normalized spacial score (nSPS) is 18.8. The molecule has 0 radical (unpaired) electrons. The van der Waals surface area contributed by atoms with Crippen LogP contribution in [-0.4, -0.2) is 35.2 Å². The van der Waals surface area contributed by atoms with Crippen molar-refractivity contribution >= 4 is 44.8 Å². The maximum Gasteiger partial charge on any atom is 0.266 e. The molecule has 1 heterocycles. The Bertz CT molecular complexity index is 669. The zero-order chi connectivity index (χ0) is 17.1. The van der Waals surface area contributed by atoms with E-state index in [1.165, 1.54) is 11.8 Å². The second-order valence-electron chi connectivity index (χ2n) is 5.78. The average molecular weight is 397 g/mol. The van der Waals surface area contributed by atoms with Crippen LogP contribution >= 0.6 is 27.7 Å². The van der Waals surface area contributed by atoms with Gasteiger partial charge in [0.15, 0.2) is 5.17 Å². The predicted molar refractivity (Wildman–Crippen MR) is 101 cm³/mol. The van der Waals surface area contributed by atoms with Crippen molar-refractivity contribution in [1.29, 1.82) is 0 Å². The van der Waals surface area contributed by atoms with Crippen molar-refractivity contribution in [3.8, 4) is 5.75 Å². The molecule has 0 N–H and O–H groups in total. The summed E-state index contributed by atoms with van der Waals surface area (Å²) in [6.07, 6.45) is 1.90. The van der Waals surface area contributed by atoms with E-state index in [2.05, 4.69) is 20.9 Å². The summed E-state index contributed by atoms with van der Waals surface area (Å²) in [6, 6.07) is 5.99. The molecule has 124 valence electrons. The molecule has 0 unspecified atom stereocenters. The van der Waals surface area contributed by atoms with Crippen LogP contribution in [0.3, 0.4) is 0 Å². The first kappa shape index (κ1) is 18.1. The highest BCUT2D eigenvalue weighted by molar-refractivity contribution is 9.10. The first-order chi connectivity index (χ1) is 10.8. The molecular weight excluding hydrogens is 376 g/mol. The lowest BCUT2D eigenvalue weighted by Gasteiger charge is -2.20. The van der Waals surface area contributed by atoms with E-state index < -0.39 is 0 Å². The van der Waals surface area contributed by atoms with E-state index >= 15 is 0 Å². The summed E-state index contributed by atoms with van der Waals surface area (Å²) < 4.78 is 6.10. The highest BCUT2D eigenvalue weighted by Crippen LogP contribution is 2.35. The number of nitrogens with zero attached hydrogens (tertiary/aromatic N) is 2. The first-order valence-corrected chi connectivity index (χ1v) is 9.09. The molecule has 1 amide bonds. The fourth-order valence-electron chi connectivity index (χ4n) is 2.18. The number of amides is 1. The number of carbonyl (C=O) groups is 1. The third-order valence-electron chi connectivity index (χ3n) is 3.20. The Hall–Kier alpha value is -1.27. The minimum absolute atomic E-state index is 0.0105. The van der Waals surface area contributed by atoms with Crippen LogP contribution in [0.5, 0.6) is 5.75 Å². The van der Waals surface area contributed by atoms with Crippen LogP contribution in [0.1, 0.15) is 33.3 Å². The average Bonchev–Trinajstić information content (AvgIpc) is 2.74. The Morgan fingerprint density at radius 1 is 1.30 bits per heavy atom. The third kappa shape index (κ3) is 4.18. The minimum Gasteiger partial charge on any atom is -0.496 e. The van der Waals surface area contributed by atoms with Gasteiger partial charge in [0, 0.05) is 12.1 Å². The molecule has 1 aromatic rings. The SMILES string of the molecule is COc1ccc(/C=C2/SC(=NC(C)C)N(C(C)C)C2=O)cc1Br. The van der Waals surface area contributed by atoms with Gasteiger partial charge in [-0.25, -0.2) is 0 Å². The van der Waals surface area contributed by atoms with Crippen LogP contribution in [0.4, 0.5) is 0 Å². The van der Waals surface area contributed by atoms with E-state index in [0.717, 1.165) is 21.0 Å². The van der Waals surface area contributed by atoms with Crippen molar-refractivity contribution in [3.63, 3.8) is 0 Å². The molecule has 0 atom stereocenters. The summed E-state index contributed by atoms with van der Waals surface area (Å²) in [5, 5.41) is 0.777. The molecular formula is C17H21BrN2O2S. The lowest BCUT2D eigenvalue weighted by atomic mass is 10.2. The van der Waals surface area contributed by atoms with E-state index in [1.807, 2.05) is 52.0 Å². The van der Waals surface area contributed by atoms with Gasteiger partial charge in [-0.3, -0.25) is 14.7 Å². The fourth-order valence-corrected chi connectivity index (χ4v) is 3.97. The van der Waals surface area contributed by atoms with Crippen LogP contribution in [0.2, 0.25) is 0 Å². The van der Waals surface area contributed by atoms with E-state index in [-0.39, 0.29) is 18.0 Å². The highest BCUT2D eigenvalue weighted by atomic mass is 79.9. The molecule has 1 saturated heterocycles. The number of aliphatic imine (C=N–C) groups is 1. The number of amidine groups is 1. The molecule has 0 saturated carbocycles. The highest BCUT2D eigenvalue weighted by Gasteiger charge is 2.35. The maximum atomic E-state index is 12.7. The number of hydrogen-bond donors (Lipinski definition) is 0. The Balaban J connectivity index is 2.36. The lowest BCUT2D eigenvalue weighted by Crippen LogP contribution is -2.35. The van der Waals surface area contributed by atoms with Crippen molar-refractivity contribution in [2.24, 2.45) is 4.99 Å². The lowest BCUT2D eigenvalue weighted by molar-refractivity contribution is -0.123. The summed E-state index contributed by atoms with van der Waals surface area (Å²) in [6.45, 7) is 8.03. The Morgan fingerprint density at radius 3 is 2.52 bits per heavy atom. The van der Waals surface area contributed by atoms with Crippen LogP contribution < -0.4 is 4.74 Å². The number of benzene rings is 1. The summed E-state index contributed by atoms with van der Waals surface area (Å²) in [5.74, 6) is 0.778. The number of methoxy groups -OCH3 is 1. The first-order valence-electron chi connectivity index (χ1n) is 7.48. The molecule has 1 fully saturated rings. The third-order valence-corrected chi connectivity index (χ3v) is 4.81. The quantitative estimate of drug-likeness (QED) is 0.701. The standard InChI is InChI=1S/C17H21BrN2O2S/c1-10(2)19-17-20(11(3)4)16(21)15(23-17)9-12-6-7-14(22-5)13(18)8-12/h6-11H,1-5H3/b15-9+,19-17?. The number of ether oxygens (including phenoxy) is 1. The fraction of sp³-hybridized carbons (Fsp3) is 0.412. The molecule has 2 rings (SSSR count). The number of rotatable bonds is 4. The van der Waals surface area contributed by atoms with E-state index in [4.69, 9.17) is 4.74 Å². The van der Waals surface area contributed by atoms with Gasteiger partial charge in [0.25, 0.3) is 5.91 Å². The minimum atomic E-state index is 0.0105. The number of carbonyl (C=O) groups excluding carboxylic acids is 1. The van der Waals surface area contributed by atoms with Crippen molar-refractivity contribution in [1.82, 2.24) is 4.90 Å². The Morgan fingerprint density at radius 2 is 2.00 bits per heavy atom. The van der Waals surface area contributed by atoms with Gasteiger partial charge in [-0.2, -0.15) is 0 Å². The second-order valence-corrected chi connectivity index (χ2v) is 7.64. The maximum absolute atomic E-state index is 12.7. The number of halogens is 1. The van der Waals surface area contributed by atoms with Gasteiger partial charge in [-0.15, -0.1) is 0 Å². The molecule has 1 aliphatic heterocycles. The summed E-state index contributed by atoms with van der Waals surface area (Å²) >= 11 is 4.91. The molecule has 4 nitrogen and oxygen atoms in total. The molecule has 0 aliphatic carbocycles. The van der Waals surface area contributed by atoms with E-state index in [0.29, 0.717) is 4.91 Å². The van der Waals surface area contributed by atoms with Crippen molar-refractivity contribution in [2.75, 3.05) is 7.11 Å². The van der Waals surface area contributed by atoms with Gasteiger partial charge in [0.1, 0.15) is 5.75 Å². The molecule has 0 bridgehead atoms. The monoisotopic (exact) mass is 396 g/mol. The molecule has 1 aliphatic rings. The van der Waals surface area contributed by atoms with Gasteiger partial charge < -0.3 is 4.74 Å². The van der Waals surface area contributed by atoms with Crippen molar-refractivity contribution < 1.29 is 9.53 Å². The van der Waals surface area contributed by atoms with Gasteiger partial charge in [-0.1, -0.05) is 6.07 Å². The predicted octanol–water partition coefficient (Wildman–Crippen LogP) is 4.55. The largest absolute Gasteiger partial charge is 0.496 e. The second kappa shape index (κ2) is 7.53. The van der Waals surface area contributed by atoms with Gasteiger partial charge in [0.2, 0.25) is 0 Å². The molecule has 6 heteroatoms. The van der Waals surface area contributed by atoms with Crippen molar-refractivity contribution in [2.45, 2.75) is 39.8 Å². The summed E-state index contributed by atoms with van der Waals surface area (Å²) in [7, 11) is 1.63. The summed E-state index contributed by atoms with van der Waals surface area (Å²) in [4.78, 5) is 19.7. The topological polar surface area (TPSA) is 41.9 Å². The smallest absolute Gasteiger partial charge is 0.266 e. The Labute approximate surface area is 150 Å². The number of thioether (sulfide) groups is 1. The van der Waals surface area contributed by atoms with Crippen LogP contribution in [0.25, 0.3) is 6.08 Å². The summed E-state index contributed by atoms with van der Waals surface area (Å²) in [5.41, 5.74) is 0.947. The van der Waals surface area contributed by atoms with Crippen molar-refractivity contribution in [3.05, 3.63) is 33.1 Å². The van der Waals surface area contributed by atoms with E-state index in [9.17, 15) is 4.79 Å².